The van der Waals surface area contributed by atoms with Crippen molar-refractivity contribution in [2.75, 3.05) is 0 Å². The summed E-state index contributed by atoms with van der Waals surface area (Å²) in [6, 6.07) is -0.246. The Hall–Kier alpha value is -1.69. The Kier molecular flexibility index (Phi) is 2.05. The van der Waals surface area contributed by atoms with Gasteiger partial charge in [0.1, 0.15) is 5.69 Å². The molecule has 0 unspecified atom stereocenters. The van der Waals surface area contributed by atoms with Gasteiger partial charge in [0, 0.05) is 7.05 Å². The third-order valence-corrected chi connectivity index (χ3v) is 1.88. The molecule has 0 aliphatic rings. The van der Waals surface area contributed by atoms with Crippen LogP contribution in [0.25, 0.3) is 11.5 Å². The molecule has 2 N–H and O–H groups in total. The lowest BCUT2D eigenvalue weighted by atomic mass is 10.3. The van der Waals surface area contributed by atoms with Crippen LogP contribution in [0.4, 0.5) is 0 Å². The summed E-state index contributed by atoms with van der Waals surface area (Å²) in [6.45, 7) is 1.79. The van der Waals surface area contributed by atoms with E-state index in [1.165, 1.54) is 0 Å². The van der Waals surface area contributed by atoms with Crippen molar-refractivity contribution >= 4 is 0 Å². The lowest BCUT2D eigenvalue weighted by Gasteiger charge is -1.94. The van der Waals surface area contributed by atoms with Gasteiger partial charge in [-0.25, -0.2) is 4.98 Å². The Morgan fingerprint density at radius 1 is 1.57 bits per heavy atom. The third kappa shape index (κ3) is 1.39. The molecule has 0 aromatic carbocycles. The van der Waals surface area contributed by atoms with Crippen molar-refractivity contribution < 1.29 is 4.52 Å². The minimum Gasteiger partial charge on any atom is -0.337 e. The van der Waals surface area contributed by atoms with Crippen molar-refractivity contribution in [3.05, 3.63) is 18.4 Å². The first-order valence-electron chi connectivity index (χ1n) is 4.24. The lowest BCUT2D eigenvalue weighted by molar-refractivity contribution is 0.362. The van der Waals surface area contributed by atoms with Gasteiger partial charge in [-0.15, -0.1) is 0 Å². The van der Waals surface area contributed by atoms with Gasteiger partial charge in [-0.1, -0.05) is 5.16 Å². The Bertz CT molecular complexity index is 430. The summed E-state index contributed by atoms with van der Waals surface area (Å²) in [5.41, 5.74) is 6.41. The molecule has 0 radical (unpaired) electrons. The van der Waals surface area contributed by atoms with Crippen LogP contribution >= 0.6 is 0 Å². The van der Waals surface area contributed by atoms with Crippen molar-refractivity contribution in [2.24, 2.45) is 12.8 Å². The van der Waals surface area contributed by atoms with Gasteiger partial charge in [0.15, 0.2) is 0 Å². The molecule has 0 aliphatic heterocycles. The highest BCUT2D eigenvalue weighted by atomic mass is 16.5. The SMILES string of the molecule is C[C@H](N)c1nc(-c2cncn2C)no1. The quantitative estimate of drug-likeness (QED) is 0.750. The van der Waals surface area contributed by atoms with Crippen molar-refractivity contribution in [1.29, 1.82) is 0 Å². The van der Waals surface area contributed by atoms with Gasteiger partial charge in [0.2, 0.25) is 11.7 Å². The van der Waals surface area contributed by atoms with Crippen LogP contribution in [0.2, 0.25) is 0 Å². The maximum Gasteiger partial charge on any atom is 0.243 e. The zero-order valence-corrected chi connectivity index (χ0v) is 8.01. The van der Waals surface area contributed by atoms with Gasteiger partial charge in [-0.3, -0.25) is 0 Å². The minimum absolute atomic E-state index is 0.246. The molecule has 0 aliphatic carbocycles. The van der Waals surface area contributed by atoms with Crippen LogP contribution in [0.1, 0.15) is 18.9 Å². The second-order valence-electron chi connectivity index (χ2n) is 3.13. The van der Waals surface area contributed by atoms with Gasteiger partial charge >= 0.3 is 0 Å². The van der Waals surface area contributed by atoms with Crippen LogP contribution in [0.15, 0.2) is 17.0 Å². The number of aryl methyl sites for hydroxylation is 1. The van der Waals surface area contributed by atoms with Crippen LogP contribution in [0.5, 0.6) is 0 Å². The van der Waals surface area contributed by atoms with E-state index < -0.39 is 0 Å². The number of aromatic nitrogens is 4. The van der Waals surface area contributed by atoms with Crippen LogP contribution in [-0.2, 0) is 7.05 Å². The van der Waals surface area contributed by atoms with E-state index in [9.17, 15) is 0 Å². The molecule has 0 saturated carbocycles. The first kappa shape index (κ1) is 8.89. The molecular formula is C8H11N5O. The van der Waals surface area contributed by atoms with Gasteiger partial charge in [0.05, 0.1) is 18.6 Å². The molecule has 2 aromatic rings. The Balaban J connectivity index is 2.39. The van der Waals surface area contributed by atoms with Crippen LogP contribution < -0.4 is 5.73 Å². The largest absolute Gasteiger partial charge is 0.337 e. The summed E-state index contributed by atoms with van der Waals surface area (Å²) in [6.07, 6.45) is 3.35. The molecule has 2 aromatic heterocycles. The number of nitrogens with two attached hydrogens (primary N) is 1. The first-order valence-corrected chi connectivity index (χ1v) is 4.24. The number of hydrogen-bond donors (Lipinski definition) is 1. The molecule has 74 valence electrons. The summed E-state index contributed by atoms with van der Waals surface area (Å²) in [5.74, 6) is 0.943. The number of nitrogens with zero attached hydrogens (tertiary/aromatic N) is 4. The summed E-state index contributed by atoms with van der Waals surface area (Å²) < 4.78 is 6.79. The van der Waals surface area contributed by atoms with E-state index in [1.54, 1.807) is 19.4 Å². The molecular weight excluding hydrogens is 182 g/mol. The number of rotatable bonds is 2. The van der Waals surface area contributed by atoms with Crippen molar-refractivity contribution in [1.82, 2.24) is 19.7 Å². The lowest BCUT2D eigenvalue weighted by Crippen LogP contribution is -2.05. The van der Waals surface area contributed by atoms with Crippen molar-refractivity contribution in [3.63, 3.8) is 0 Å². The molecule has 0 bridgehead atoms. The van der Waals surface area contributed by atoms with E-state index in [0.717, 1.165) is 5.69 Å². The molecule has 2 heterocycles. The molecule has 0 saturated heterocycles. The van der Waals surface area contributed by atoms with Crippen molar-refractivity contribution in [3.8, 4) is 11.5 Å². The highest BCUT2D eigenvalue weighted by Gasteiger charge is 2.13. The number of imidazole rings is 1. The zero-order valence-electron chi connectivity index (χ0n) is 8.01. The topological polar surface area (TPSA) is 82.8 Å². The van der Waals surface area contributed by atoms with E-state index in [0.29, 0.717) is 11.7 Å². The normalized spacial score (nSPS) is 13.1. The van der Waals surface area contributed by atoms with Gasteiger partial charge in [0.25, 0.3) is 0 Å². The molecule has 14 heavy (non-hydrogen) atoms. The summed E-state index contributed by atoms with van der Waals surface area (Å²) in [5, 5.41) is 3.81. The average Bonchev–Trinajstić information content (AvgIpc) is 2.71. The summed E-state index contributed by atoms with van der Waals surface area (Å²) in [7, 11) is 1.87. The molecule has 2 rings (SSSR count). The van der Waals surface area contributed by atoms with Gasteiger partial charge < -0.3 is 14.8 Å². The monoisotopic (exact) mass is 193 g/mol. The molecule has 0 fully saturated rings. The van der Waals surface area contributed by atoms with E-state index >= 15 is 0 Å². The fraction of sp³-hybridized carbons (Fsp3) is 0.375. The van der Waals surface area contributed by atoms with Gasteiger partial charge in [-0.2, -0.15) is 4.98 Å². The van der Waals surface area contributed by atoms with Crippen LogP contribution in [-0.4, -0.2) is 19.7 Å². The molecule has 6 nitrogen and oxygen atoms in total. The standard InChI is InChI=1S/C8H11N5O/c1-5(9)8-11-7(12-14-8)6-3-10-4-13(6)2/h3-5H,9H2,1-2H3/t5-/m0/s1. The maximum atomic E-state index is 5.60. The highest BCUT2D eigenvalue weighted by Crippen LogP contribution is 2.15. The smallest absolute Gasteiger partial charge is 0.243 e. The second kappa shape index (κ2) is 3.22. The predicted octanol–water partition coefficient (Wildman–Crippen LogP) is 0.490. The van der Waals surface area contributed by atoms with E-state index in [-0.39, 0.29) is 6.04 Å². The van der Waals surface area contributed by atoms with E-state index in [2.05, 4.69) is 15.1 Å². The summed E-state index contributed by atoms with van der Waals surface area (Å²) in [4.78, 5) is 8.11. The fourth-order valence-corrected chi connectivity index (χ4v) is 1.10. The predicted molar refractivity (Wildman–Crippen MR) is 49.1 cm³/mol. The zero-order chi connectivity index (χ0) is 10.1. The van der Waals surface area contributed by atoms with E-state index in [1.807, 2.05) is 11.6 Å². The highest BCUT2D eigenvalue weighted by molar-refractivity contribution is 5.47. The fourth-order valence-electron chi connectivity index (χ4n) is 1.10. The summed E-state index contributed by atoms with van der Waals surface area (Å²) >= 11 is 0. The van der Waals surface area contributed by atoms with Gasteiger partial charge in [-0.05, 0) is 6.92 Å². The average molecular weight is 193 g/mol. The maximum absolute atomic E-state index is 5.60. The van der Waals surface area contributed by atoms with Crippen LogP contribution in [0, 0.1) is 0 Å². The second-order valence-corrected chi connectivity index (χ2v) is 3.13. The van der Waals surface area contributed by atoms with Crippen LogP contribution in [0.3, 0.4) is 0 Å². The van der Waals surface area contributed by atoms with E-state index in [4.69, 9.17) is 10.3 Å². The molecule has 0 spiro atoms. The molecule has 6 heteroatoms. The molecule has 0 amide bonds. The number of hydrogen-bond acceptors (Lipinski definition) is 5. The first-order chi connectivity index (χ1) is 6.68. The Morgan fingerprint density at radius 3 is 2.86 bits per heavy atom. The Morgan fingerprint density at radius 2 is 2.36 bits per heavy atom. The molecule has 1 atom stereocenters. The minimum atomic E-state index is -0.246. The Labute approximate surface area is 80.7 Å². The third-order valence-electron chi connectivity index (χ3n) is 1.88. The van der Waals surface area contributed by atoms with Crippen molar-refractivity contribution in [2.45, 2.75) is 13.0 Å².